The Balaban J connectivity index is 1.96. The number of rotatable bonds is 6. The van der Waals surface area contributed by atoms with E-state index in [9.17, 15) is 4.79 Å². The van der Waals surface area contributed by atoms with Crippen molar-refractivity contribution in [3.05, 3.63) is 29.8 Å². The minimum absolute atomic E-state index is 0.0167. The smallest absolute Gasteiger partial charge is 0.251 e. The van der Waals surface area contributed by atoms with Crippen molar-refractivity contribution in [1.29, 1.82) is 0 Å². The summed E-state index contributed by atoms with van der Waals surface area (Å²) in [6.07, 6.45) is 4.71. The lowest BCUT2D eigenvalue weighted by atomic mass is 9.99. The Morgan fingerprint density at radius 3 is 3.00 bits per heavy atom. The van der Waals surface area contributed by atoms with Gasteiger partial charge >= 0.3 is 0 Å². The number of nitrogens with one attached hydrogen (secondary N) is 2. The quantitative estimate of drug-likeness (QED) is 0.846. The van der Waals surface area contributed by atoms with Gasteiger partial charge in [0.15, 0.2) is 0 Å². The van der Waals surface area contributed by atoms with Crippen LogP contribution < -0.4 is 10.6 Å². The normalized spacial score (nSPS) is 21.8. The molecule has 21 heavy (non-hydrogen) atoms. The predicted octanol–water partition coefficient (Wildman–Crippen LogP) is 3.20. The van der Waals surface area contributed by atoms with Crippen LogP contribution in [0.5, 0.6) is 0 Å². The summed E-state index contributed by atoms with van der Waals surface area (Å²) >= 11 is 0. The molecule has 1 amide bonds. The molecule has 1 heterocycles. The summed E-state index contributed by atoms with van der Waals surface area (Å²) < 4.78 is 5.78. The van der Waals surface area contributed by atoms with Crippen LogP contribution in [0.3, 0.4) is 0 Å². The molecule has 0 aromatic heterocycles. The monoisotopic (exact) mass is 290 g/mol. The van der Waals surface area contributed by atoms with Gasteiger partial charge in [0.05, 0.1) is 6.10 Å². The number of ether oxygens (including phenoxy) is 1. The van der Waals surface area contributed by atoms with Crippen molar-refractivity contribution < 1.29 is 9.53 Å². The standard InChI is InChI=1S/C17H26N2O2/c1-3-6-16-12-15(9-10-21-16)19-14-8-5-7-13(11-14)17(20)18-4-2/h5,7-8,11,15-16,19H,3-4,6,9-10,12H2,1-2H3,(H,18,20). The minimum atomic E-state index is -0.0167. The van der Waals surface area contributed by atoms with Crippen LogP contribution in [0.25, 0.3) is 0 Å². The maximum absolute atomic E-state index is 11.9. The molecule has 2 unspecified atom stereocenters. The van der Waals surface area contributed by atoms with Gasteiger partial charge in [-0.25, -0.2) is 0 Å². The molecule has 1 aliphatic heterocycles. The van der Waals surface area contributed by atoms with E-state index in [1.54, 1.807) is 0 Å². The third-order valence-electron chi connectivity index (χ3n) is 3.81. The lowest BCUT2D eigenvalue weighted by Crippen LogP contribution is -2.34. The van der Waals surface area contributed by atoms with E-state index in [4.69, 9.17) is 4.74 Å². The van der Waals surface area contributed by atoms with E-state index in [-0.39, 0.29) is 5.91 Å². The highest BCUT2D eigenvalue weighted by molar-refractivity contribution is 5.95. The summed E-state index contributed by atoms with van der Waals surface area (Å²) in [5.41, 5.74) is 1.72. The Kier molecular flexibility index (Phi) is 6.05. The van der Waals surface area contributed by atoms with Crippen molar-refractivity contribution in [3.8, 4) is 0 Å². The summed E-state index contributed by atoms with van der Waals surface area (Å²) in [7, 11) is 0. The van der Waals surface area contributed by atoms with Gasteiger partial charge in [0, 0.05) is 30.4 Å². The Morgan fingerprint density at radius 2 is 2.24 bits per heavy atom. The molecule has 116 valence electrons. The van der Waals surface area contributed by atoms with Crippen molar-refractivity contribution in [2.75, 3.05) is 18.5 Å². The minimum Gasteiger partial charge on any atom is -0.382 e. The zero-order valence-corrected chi connectivity index (χ0v) is 13.0. The molecule has 4 nitrogen and oxygen atoms in total. The van der Waals surface area contributed by atoms with Crippen molar-refractivity contribution in [2.24, 2.45) is 0 Å². The highest BCUT2D eigenvalue weighted by Crippen LogP contribution is 2.22. The summed E-state index contributed by atoms with van der Waals surface area (Å²) in [4.78, 5) is 11.9. The third kappa shape index (κ3) is 4.74. The van der Waals surface area contributed by atoms with Gasteiger partial charge in [-0.3, -0.25) is 4.79 Å². The van der Waals surface area contributed by atoms with Crippen molar-refractivity contribution in [1.82, 2.24) is 5.32 Å². The van der Waals surface area contributed by atoms with Crippen LogP contribution in [-0.4, -0.2) is 31.2 Å². The van der Waals surface area contributed by atoms with Crippen LogP contribution in [0.4, 0.5) is 5.69 Å². The number of carbonyl (C=O) groups is 1. The van der Waals surface area contributed by atoms with Crippen LogP contribution in [0.1, 0.15) is 49.9 Å². The van der Waals surface area contributed by atoms with E-state index in [0.717, 1.165) is 38.0 Å². The molecule has 1 aliphatic rings. The first-order valence-corrected chi connectivity index (χ1v) is 7.99. The first-order chi connectivity index (χ1) is 10.2. The number of hydrogen-bond donors (Lipinski definition) is 2. The fourth-order valence-corrected chi connectivity index (χ4v) is 2.78. The van der Waals surface area contributed by atoms with Crippen molar-refractivity contribution in [2.45, 2.75) is 51.7 Å². The predicted molar refractivity (Wildman–Crippen MR) is 85.7 cm³/mol. The zero-order valence-electron chi connectivity index (χ0n) is 13.0. The second-order valence-corrected chi connectivity index (χ2v) is 5.59. The molecular weight excluding hydrogens is 264 g/mol. The van der Waals surface area contributed by atoms with Crippen molar-refractivity contribution >= 4 is 11.6 Å². The third-order valence-corrected chi connectivity index (χ3v) is 3.81. The van der Waals surface area contributed by atoms with Gasteiger partial charge in [0.2, 0.25) is 0 Å². The molecule has 1 aromatic carbocycles. The van der Waals surface area contributed by atoms with E-state index < -0.39 is 0 Å². The number of anilines is 1. The summed E-state index contributed by atoms with van der Waals surface area (Å²) in [6.45, 7) is 5.58. The number of benzene rings is 1. The van der Waals surface area contributed by atoms with Gasteiger partial charge in [0.1, 0.15) is 0 Å². The van der Waals surface area contributed by atoms with Crippen LogP contribution >= 0.6 is 0 Å². The molecule has 4 heteroatoms. The number of hydrogen-bond acceptors (Lipinski definition) is 3. The molecule has 0 spiro atoms. The largest absolute Gasteiger partial charge is 0.382 e. The molecule has 0 radical (unpaired) electrons. The van der Waals surface area contributed by atoms with E-state index in [0.29, 0.717) is 24.3 Å². The Hall–Kier alpha value is -1.55. The number of amides is 1. The molecule has 2 rings (SSSR count). The molecule has 0 saturated carbocycles. The molecule has 2 N–H and O–H groups in total. The summed E-state index contributed by atoms with van der Waals surface area (Å²) in [5.74, 6) is -0.0167. The van der Waals surface area contributed by atoms with E-state index >= 15 is 0 Å². The second-order valence-electron chi connectivity index (χ2n) is 5.59. The summed E-state index contributed by atoms with van der Waals surface area (Å²) in [6, 6.07) is 8.15. The maximum Gasteiger partial charge on any atom is 0.251 e. The van der Waals surface area contributed by atoms with Gasteiger partial charge in [-0.2, -0.15) is 0 Å². The second kappa shape index (κ2) is 8.03. The average Bonchev–Trinajstić information content (AvgIpc) is 2.48. The Bertz CT molecular complexity index is 460. The molecule has 2 atom stereocenters. The fraction of sp³-hybridized carbons (Fsp3) is 0.588. The molecule has 0 aliphatic carbocycles. The molecule has 1 fully saturated rings. The molecule has 1 saturated heterocycles. The van der Waals surface area contributed by atoms with E-state index in [2.05, 4.69) is 17.6 Å². The first-order valence-electron chi connectivity index (χ1n) is 7.99. The van der Waals surface area contributed by atoms with Gasteiger partial charge in [-0.05, 0) is 44.4 Å². The lowest BCUT2D eigenvalue weighted by molar-refractivity contribution is 0.00597. The van der Waals surface area contributed by atoms with Crippen molar-refractivity contribution in [3.63, 3.8) is 0 Å². The maximum atomic E-state index is 11.9. The molecule has 1 aromatic rings. The molecule has 0 bridgehead atoms. The highest BCUT2D eigenvalue weighted by atomic mass is 16.5. The van der Waals surface area contributed by atoms with Gasteiger partial charge in [0.25, 0.3) is 5.91 Å². The SMILES string of the molecule is CCCC1CC(Nc2cccc(C(=O)NCC)c2)CCO1. The average molecular weight is 290 g/mol. The first kappa shape index (κ1) is 15.8. The van der Waals surface area contributed by atoms with Crippen LogP contribution in [0.2, 0.25) is 0 Å². The fourth-order valence-electron chi connectivity index (χ4n) is 2.78. The van der Waals surface area contributed by atoms with Crippen LogP contribution in [-0.2, 0) is 4.74 Å². The highest BCUT2D eigenvalue weighted by Gasteiger charge is 2.21. The lowest BCUT2D eigenvalue weighted by Gasteiger charge is -2.30. The van der Waals surface area contributed by atoms with E-state index in [1.807, 2.05) is 31.2 Å². The molecular formula is C17H26N2O2. The van der Waals surface area contributed by atoms with E-state index in [1.165, 1.54) is 0 Å². The zero-order chi connectivity index (χ0) is 15.1. The topological polar surface area (TPSA) is 50.4 Å². The van der Waals surface area contributed by atoms with Crippen LogP contribution in [0, 0.1) is 0 Å². The van der Waals surface area contributed by atoms with Gasteiger partial charge in [-0.1, -0.05) is 19.4 Å². The summed E-state index contributed by atoms with van der Waals surface area (Å²) in [5, 5.41) is 6.38. The van der Waals surface area contributed by atoms with Gasteiger partial charge < -0.3 is 15.4 Å². The number of carbonyl (C=O) groups excluding carboxylic acids is 1. The Labute approximate surface area is 127 Å². The van der Waals surface area contributed by atoms with Crippen LogP contribution in [0.15, 0.2) is 24.3 Å². The Morgan fingerprint density at radius 1 is 1.38 bits per heavy atom. The van der Waals surface area contributed by atoms with Gasteiger partial charge in [-0.15, -0.1) is 0 Å².